The predicted octanol–water partition coefficient (Wildman–Crippen LogP) is 2.04. The summed E-state index contributed by atoms with van der Waals surface area (Å²) in [6, 6.07) is 7.89. The molecule has 0 saturated heterocycles. The van der Waals surface area contributed by atoms with E-state index in [0.717, 1.165) is 24.0 Å². The fourth-order valence-corrected chi connectivity index (χ4v) is 1.59. The smallest absolute Gasteiger partial charge is 0.191 e. The van der Waals surface area contributed by atoms with Gasteiger partial charge in [-0.3, -0.25) is 0 Å². The minimum atomic E-state index is 0.357. The summed E-state index contributed by atoms with van der Waals surface area (Å²) >= 11 is 0. The predicted molar refractivity (Wildman–Crippen MR) is 82.7 cm³/mol. The Kier molecular flexibility index (Phi) is 7.32. The van der Waals surface area contributed by atoms with Crippen LogP contribution >= 0.6 is 0 Å². The Bertz CT molecular complexity index is 402. The Hall–Kier alpha value is -1.91. The molecule has 0 atom stereocenters. The number of methoxy groups -OCH3 is 1. The van der Waals surface area contributed by atoms with E-state index < -0.39 is 0 Å². The molecule has 0 aliphatic carbocycles. The molecule has 20 heavy (non-hydrogen) atoms. The Morgan fingerprint density at radius 3 is 2.40 bits per heavy atom. The first kappa shape index (κ1) is 16.1. The van der Waals surface area contributed by atoms with Crippen molar-refractivity contribution in [3.05, 3.63) is 24.3 Å². The van der Waals surface area contributed by atoms with Gasteiger partial charge in [0, 0.05) is 12.6 Å². The van der Waals surface area contributed by atoms with E-state index >= 15 is 0 Å². The van der Waals surface area contributed by atoms with Gasteiger partial charge in [-0.05, 0) is 45.0 Å². The van der Waals surface area contributed by atoms with Gasteiger partial charge in [-0.15, -0.1) is 0 Å². The highest BCUT2D eigenvalue weighted by atomic mass is 16.5. The van der Waals surface area contributed by atoms with Gasteiger partial charge in [0.05, 0.1) is 13.7 Å². The molecule has 112 valence electrons. The van der Waals surface area contributed by atoms with Gasteiger partial charge in [0.2, 0.25) is 0 Å². The van der Waals surface area contributed by atoms with Crippen LogP contribution in [-0.4, -0.2) is 38.8 Å². The summed E-state index contributed by atoms with van der Waals surface area (Å²) in [5.41, 5.74) is 0. The lowest BCUT2D eigenvalue weighted by molar-refractivity contribution is 0.327. The highest BCUT2D eigenvalue weighted by molar-refractivity contribution is 5.79. The topological polar surface area (TPSA) is 54.9 Å². The van der Waals surface area contributed by atoms with Crippen LogP contribution in [0.2, 0.25) is 0 Å². The molecule has 0 aliphatic heterocycles. The van der Waals surface area contributed by atoms with Crippen molar-refractivity contribution >= 4 is 5.96 Å². The molecular formula is C15H25N3O2. The van der Waals surface area contributed by atoms with Crippen LogP contribution < -0.4 is 20.1 Å². The maximum Gasteiger partial charge on any atom is 0.191 e. The molecular weight excluding hydrogens is 254 g/mol. The average Bonchev–Trinajstić information content (AvgIpc) is 2.44. The second-order valence-corrected chi connectivity index (χ2v) is 4.58. The molecule has 0 amide bonds. The molecule has 5 nitrogen and oxygen atoms in total. The largest absolute Gasteiger partial charge is 0.497 e. The average molecular weight is 279 g/mol. The van der Waals surface area contributed by atoms with E-state index in [9.17, 15) is 0 Å². The van der Waals surface area contributed by atoms with Crippen molar-refractivity contribution < 1.29 is 9.47 Å². The van der Waals surface area contributed by atoms with E-state index in [1.165, 1.54) is 0 Å². The lowest BCUT2D eigenvalue weighted by Crippen LogP contribution is -2.41. The standard InChI is InChI=1S/C15H25N3O2/c1-5-16-15(18-12(2)3)17-10-11-20-14-8-6-13(19-4)7-9-14/h6-9,12H,5,10-11H2,1-4H3,(H2,16,17,18). The van der Waals surface area contributed by atoms with E-state index in [4.69, 9.17) is 9.47 Å². The first-order valence-corrected chi connectivity index (χ1v) is 6.97. The summed E-state index contributed by atoms with van der Waals surface area (Å²) < 4.78 is 10.7. The molecule has 1 aromatic carbocycles. The molecule has 0 aromatic heterocycles. The molecule has 0 heterocycles. The number of hydrogen-bond donors (Lipinski definition) is 2. The van der Waals surface area contributed by atoms with Crippen molar-refractivity contribution in [1.82, 2.24) is 10.6 Å². The van der Waals surface area contributed by atoms with Crippen LogP contribution in [0.5, 0.6) is 11.5 Å². The maximum absolute atomic E-state index is 5.62. The van der Waals surface area contributed by atoms with Gasteiger partial charge in [-0.25, -0.2) is 4.99 Å². The molecule has 0 spiro atoms. The van der Waals surface area contributed by atoms with E-state index in [1.807, 2.05) is 31.2 Å². The third-order valence-corrected chi connectivity index (χ3v) is 2.46. The van der Waals surface area contributed by atoms with Crippen LogP contribution in [0, 0.1) is 0 Å². The summed E-state index contributed by atoms with van der Waals surface area (Å²) in [5.74, 6) is 2.47. The first-order valence-electron chi connectivity index (χ1n) is 6.97. The van der Waals surface area contributed by atoms with Crippen LogP contribution in [0.3, 0.4) is 0 Å². The molecule has 0 unspecified atom stereocenters. The van der Waals surface area contributed by atoms with Gasteiger partial charge in [-0.2, -0.15) is 0 Å². The van der Waals surface area contributed by atoms with Crippen LogP contribution in [0.1, 0.15) is 20.8 Å². The zero-order valence-electron chi connectivity index (χ0n) is 12.8. The van der Waals surface area contributed by atoms with E-state index in [2.05, 4.69) is 29.5 Å². The zero-order chi connectivity index (χ0) is 14.8. The molecule has 0 bridgehead atoms. The number of hydrogen-bond acceptors (Lipinski definition) is 3. The Labute approximate surface area is 121 Å². The Morgan fingerprint density at radius 2 is 1.85 bits per heavy atom. The van der Waals surface area contributed by atoms with Gasteiger partial charge in [0.1, 0.15) is 18.1 Å². The van der Waals surface area contributed by atoms with Crippen molar-refractivity contribution in [3.63, 3.8) is 0 Å². The highest BCUT2D eigenvalue weighted by Crippen LogP contribution is 2.16. The van der Waals surface area contributed by atoms with Crippen LogP contribution in [0.15, 0.2) is 29.3 Å². The Balaban J connectivity index is 2.37. The summed E-state index contributed by atoms with van der Waals surface area (Å²) in [5, 5.41) is 6.46. The molecule has 2 N–H and O–H groups in total. The number of aliphatic imine (C=N–C) groups is 1. The summed E-state index contributed by atoms with van der Waals surface area (Å²) in [6.45, 7) is 8.21. The highest BCUT2D eigenvalue weighted by Gasteiger charge is 1.99. The number of nitrogens with one attached hydrogen (secondary N) is 2. The van der Waals surface area contributed by atoms with Gasteiger partial charge in [0.25, 0.3) is 0 Å². The summed E-state index contributed by atoms with van der Waals surface area (Å²) in [6.07, 6.45) is 0. The first-order chi connectivity index (χ1) is 9.65. The van der Waals surface area contributed by atoms with E-state index in [-0.39, 0.29) is 0 Å². The van der Waals surface area contributed by atoms with Gasteiger partial charge >= 0.3 is 0 Å². The van der Waals surface area contributed by atoms with Crippen molar-refractivity contribution in [3.8, 4) is 11.5 Å². The van der Waals surface area contributed by atoms with Gasteiger partial charge in [-0.1, -0.05) is 0 Å². The van der Waals surface area contributed by atoms with Gasteiger partial charge < -0.3 is 20.1 Å². The van der Waals surface area contributed by atoms with E-state index in [0.29, 0.717) is 19.2 Å². The van der Waals surface area contributed by atoms with Crippen LogP contribution in [0.25, 0.3) is 0 Å². The van der Waals surface area contributed by atoms with Crippen LogP contribution in [-0.2, 0) is 0 Å². The summed E-state index contributed by atoms with van der Waals surface area (Å²) in [4.78, 5) is 4.45. The minimum Gasteiger partial charge on any atom is -0.497 e. The molecule has 1 aromatic rings. The molecule has 1 rings (SSSR count). The molecule has 0 fully saturated rings. The molecule has 5 heteroatoms. The fraction of sp³-hybridized carbons (Fsp3) is 0.533. The number of guanidine groups is 1. The minimum absolute atomic E-state index is 0.357. The normalized spacial score (nSPS) is 11.3. The number of nitrogens with zero attached hydrogens (tertiary/aromatic N) is 1. The molecule has 0 radical (unpaired) electrons. The van der Waals surface area contributed by atoms with Crippen LogP contribution in [0.4, 0.5) is 0 Å². The van der Waals surface area contributed by atoms with Crippen molar-refractivity contribution in [2.45, 2.75) is 26.8 Å². The maximum atomic E-state index is 5.62. The lowest BCUT2D eigenvalue weighted by atomic mass is 10.3. The zero-order valence-corrected chi connectivity index (χ0v) is 12.8. The number of rotatable bonds is 7. The molecule has 0 saturated carbocycles. The monoisotopic (exact) mass is 279 g/mol. The van der Waals surface area contributed by atoms with E-state index in [1.54, 1.807) is 7.11 Å². The SMILES string of the molecule is CCNC(=NCCOc1ccc(OC)cc1)NC(C)C. The van der Waals surface area contributed by atoms with Gasteiger partial charge in [0.15, 0.2) is 5.96 Å². The third kappa shape index (κ3) is 6.31. The second-order valence-electron chi connectivity index (χ2n) is 4.58. The quantitative estimate of drug-likeness (QED) is 0.455. The lowest BCUT2D eigenvalue weighted by Gasteiger charge is -2.14. The number of ether oxygens (including phenoxy) is 2. The molecule has 0 aliphatic rings. The van der Waals surface area contributed by atoms with Crippen molar-refractivity contribution in [1.29, 1.82) is 0 Å². The van der Waals surface area contributed by atoms with Crippen molar-refractivity contribution in [2.24, 2.45) is 4.99 Å². The second kappa shape index (κ2) is 9.07. The number of benzene rings is 1. The third-order valence-electron chi connectivity index (χ3n) is 2.46. The summed E-state index contributed by atoms with van der Waals surface area (Å²) in [7, 11) is 1.65. The fourth-order valence-electron chi connectivity index (χ4n) is 1.59. The van der Waals surface area contributed by atoms with Crippen molar-refractivity contribution in [2.75, 3.05) is 26.8 Å². The Morgan fingerprint density at radius 1 is 1.20 bits per heavy atom.